The van der Waals surface area contributed by atoms with Crippen LogP contribution in [0.15, 0.2) is 51.4 Å². The molecule has 3 aliphatic rings. The van der Waals surface area contributed by atoms with Crippen LogP contribution in [0.25, 0.3) is 0 Å². The molecule has 4 rings (SSSR count). The van der Waals surface area contributed by atoms with E-state index in [2.05, 4.69) is 34.5 Å². The summed E-state index contributed by atoms with van der Waals surface area (Å²) in [5.74, 6) is 1.14. The highest BCUT2D eigenvalue weighted by Crippen LogP contribution is 2.30. The van der Waals surface area contributed by atoms with Crippen LogP contribution in [0.2, 0.25) is 0 Å². The highest BCUT2D eigenvalue weighted by atomic mass is 32.2. The van der Waals surface area contributed by atoms with E-state index in [0.717, 1.165) is 49.6 Å². The van der Waals surface area contributed by atoms with Crippen LogP contribution in [0.3, 0.4) is 0 Å². The second-order valence-corrected chi connectivity index (χ2v) is 10.0. The van der Waals surface area contributed by atoms with E-state index in [9.17, 15) is 8.42 Å². The van der Waals surface area contributed by atoms with Crippen LogP contribution in [0.4, 0.5) is 0 Å². The Hall–Kier alpha value is -2.56. The van der Waals surface area contributed by atoms with Gasteiger partial charge in [-0.25, -0.2) is 13.4 Å². The van der Waals surface area contributed by atoms with Crippen molar-refractivity contribution < 1.29 is 13.2 Å². The topological polar surface area (TPSA) is 89.5 Å². The van der Waals surface area contributed by atoms with Gasteiger partial charge in [-0.3, -0.25) is 5.01 Å². The van der Waals surface area contributed by atoms with E-state index in [1.54, 1.807) is 35.8 Å². The van der Waals surface area contributed by atoms with Crippen LogP contribution < -0.4 is 15.5 Å². The minimum absolute atomic E-state index is 0.252. The Morgan fingerprint density at radius 3 is 2.56 bits per heavy atom. The summed E-state index contributed by atoms with van der Waals surface area (Å²) < 4.78 is 33.8. The van der Waals surface area contributed by atoms with Gasteiger partial charge in [0.1, 0.15) is 17.3 Å². The summed E-state index contributed by atoms with van der Waals surface area (Å²) in [6, 6.07) is 4.98. The molecule has 1 saturated heterocycles. The van der Waals surface area contributed by atoms with E-state index in [1.807, 2.05) is 12.1 Å². The first-order valence-corrected chi connectivity index (χ1v) is 12.5. The van der Waals surface area contributed by atoms with E-state index < -0.39 is 10.0 Å². The zero-order valence-corrected chi connectivity index (χ0v) is 20.0. The van der Waals surface area contributed by atoms with Gasteiger partial charge in [0, 0.05) is 33.2 Å². The van der Waals surface area contributed by atoms with Crippen LogP contribution >= 0.6 is 0 Å². The van der Waals surface area contributed by atoms with Crippen LogP contribution in [0, 0.1) is 0 Å². The Balaban J connectivity index is 1.67. The molecule has 0 radical (unpaired) electrons. The number of amidine groups is 1. The van der Waals surface area contributed by atoms with Gasteiger partial charge in [0.15, 0.2) is 0 Å². The van der Waals surface area contributed by atoms with Gasteiger partial charge >= 0.3 is 0 Å². The predicted octanol–water partition coefficient (Wildman–Crippen LogP) is 1.67. The molecule has 3 aliphatic heterocycles. The molecule has 0 unspecified atom stereocenters. The number of hydrogen-bond donors (Lipinski definition) is 2. The molecule has 32 heavy (non-hydrogen) atoms. The van der Waals surface area contributed by atoms with Crippen molar-refractivity contribution in [3.63, 3.8) is 0 Å². The molecule has 1 aromatic carbocycles. The number of likely N-dealkylation sites (N-methyl/N-ethyl adjacent to an activating group) is 2. The fourth-order valence-corrected chi connectivity index (χ4v) is 5.69. The molecule has 3 heterocycles. The first-order chi connectivity index (χ1) is 15.4. The first kappa shape index (κ1) is 22.6. The van der Waals surface area contributed by atoms with Gasteiger partial charge in [-0.2, -0.15) is 4.31 Å². The fraction of sp³-hybridized carbons (Fsp3) is 0.500. The fourth-order valence-electron chi connectivity index (χ4n) is 4.24. The summed E-state index contributed by atoms with van der Waals surface area (Å²) in [4.78, 5) is 7.09. The maximum Gasteiger partial charge on any atom is 0.243 e. The smallest absolute Gasteiger partial charge is 0.243 e. The van der Waals surface area contributed by atoms with Gasteiger partial charge < -0.3 is 20.4 Å². The number of hydrazine groups is 1. The zero-order valence-electron chi connectivity index (χ0n) is 19.2. The van der Waals surface area contributed by atoms with Crippen LogP contribution in [0.5, 0.6) is 5.75 Å². The molecule has 174 valence electrons. The molecule has 0 aliphatic carbocycles. The summed E-state index contributed by atoms with van der Waals surface area (Å²) >= 11 is 0. The molecule has 10 heteroatoms. The second kappa shape index (κ2) is 9.13. The Kier molecular flexibility index (Phi) is 6.45. The summed E-state index contributed by atoms with van der Waals surface area (Å²) in [6.45, 7) is 7.64. The van der Waals surface area contributed by atoms with Crippen molar-refractivity contribution in [2.24, 2.45) is 4.99 Å². The molecule has 1 aromatic rings. The third kappa shape index (κ3) is 4.10. The number of ether oxygens (including phenoxy) is 1. The monoisotopic (exact) mass is 460 g/mol. The van der Waals surface area contributed by atoms with Crippen molar-refractivity contribution in [3.05, 3.63) is 47.1 Å². The first-order valence-electron chi connectivity index (χ1n) is 11.1. The summed E-state index contributed by atoms with van der Waals surface area (Å²) in [6.07, 6.45) is 3.69. The van der Waals surface area contributed by atoms with E-state index in [4.69, 9.17) is 4.74 Å². The van der Waals surface area contributed by atoms with Crippen LogP contribution in [-0.4, -0.2) is 75.3 Å². The van der Waals surface area contributed by atoms with E-state index >= 15 is 0 Å². The van der Waals surface area contributed by atoms with Crippen molar-refractivity contribution in [3.8, 4) is 5.75 Å². The Morgan fingerprint density at radius 1 is 1.16 bits per heavy atom. The van der Waals surface area contributed by atoms with E-state index in [1.165, 1.54) is 0 Å². The number of hydrogen-bond acceptors (Lipinski definition) is 8. The van der Waals surface area contributed by atoms with Gasteiger partial charge in [0.05, 0.1) is 35.2 Å². The number of nitrogens with one attached hydrogen (secondary N) is 2. The number of nitrogens with zero attached hydrogens (tertiary/aromatic N) is 4. The van der Waals surface area contributed by atoms with Crippen molar-refractivity contribution >= 4 is 15.9 Å². The number of benzene rings is 1. The van der Waals surface area contributed by atoms with E-state index in [-0.39, 0.29) is 4.90 Å². The van der Waals surface area contributed by atoms with Gasteiger partial charge in [-0.1, -0.05) is 20.3 Å². The Morgan fingerprint density at radius 2 is 1.91 bits per heavy atom. The number of piperazine rings is 1. The van der Waals surface area contributed by atoms with Crippen molar-refractivity contribution in [1.29, 1.82) is 0 Å². The molecule has 1 fully saturated rings. The largest absolute Gasteiger partial charge is 0.496 e. The third-order valence-electron chi connectivity index (χ3n) is 6.12. The predicted molar refractivity (Wildman–Crippen MR) is 124 cm³/mol. The average molecular weight is 461 g/mol. The van der Waals surface area contributed by atoms with Gasteiger partial charge in [-0.05, 0) is 31.2 Å². The lowest BCUT2D eigenvalue weighted by atomic mass is 10.1. The minimum atomic E-state index is -3.61. The molecule has 0 saturated carbocycles. The zero-order chi connectivity index (χ0) is 22.9. The molecule has 0 atom stereocenters. The number of allylic oxidation sites excluding steroid dienone is 1. The lowest BCUT2D eigenvalue weighted by molar-refractivity contribution is 0.196. The van der Waals surface area contributed by atoms with Gasteiger partial charge in [0.2, 0.25) is 10.0 Å². The molecule has 2 N–H and O–H groups in total. The third-order valence-corrected chi connectivity index (χ3v) is 8.02. The standard InChI is InChI=1S/C22H32N6O3S/c1-5-7-18-21-19(26(3)25-18)15-23-22(24-21)17-14-16(8-9-20(17)31-4)32(29,30)28-12-10-27(6-2)11-13-28/h8-9,14-15,25H,5-7,10-13H2,1-4H3,(H,23,24). The molecular weight excluding hydrogens is 428 g/mol. The normalized spacial score (nSPS) is 19.8. The summed E-state index contributed by atoms with van der Waals surface area (Å²) in [5.41, 5.74) is 6.98. The molecule has 0 spiro atoms. The number of sulfonamides is 1. The lowest BCUT2D eigenvalue weighted by Crippen LogP contribution is -2.48. The number of fused-ring (bicyclic) bond motifs is 1. The molecule has 0 bridgehead atoms. The number of rotatable bonds is 7. The lowest BCUT2D eigenvalue weighted by Gasteiger charge is -2.33. The number of methoxy groups -OCH3 is 1. The highest BCUT2D eigenvalue weighted by Gasteiger charge is 2.31. The number of aliphatic imine (C=N–C) groups is 1. The summed E-state index contributed by atoms with van der Waals surface area (Å²) in [5, 5.41) is 5.34. The molecule has 9 nitrogen and oxygen atoms in total. The quantitative estimate of drug-likeness (QED) is 0.640. The summed E-state index contributed by atoms with van der Waals surface area (Å²) in [7, 11) is -0.0803. The maximum absolute atomic E-state index is 13.3. The van der Waals surface area contributed by atoms with Crippen molar-refractivity contribution in [1.82, 2.24) is 25.0 Å². The maximum atomic E-state index is 13.3. The van der Waals surface area contributed by atoms with Crippen LogP contribution in [-0.2, 0) is 10.0 Å². The highest BCUT2D eigenvalue weighted by molar-refractivity contribution is 7.89. The Bertz CT molecular complexity index is 1070. The molecule has 0 aromatic heterocycles. The SMILES string of the molecule is CCCC1=C2NC(c3cc(S(=O)(=O)N4CCN(CC)CC4)ccc3OC)=NC=C2N(C)N1. The Labute approximate surface area is 190 Å². The van der Waals surface area contributed by atoms with Crippen molar-refractivity contribution in [2.75, 3.05) is 46.9 Å². The molecular formula is C22H32N6O3S. The van der Waals surface area contributed by atoms with Crippen LogP contribution in [0.1, 0.15) is 32.3 Å². The van der Waals surface area contributed by atoms with Gasteiger partial charge in [0.25, 0.3) is 0 Å². The average Bonchev–Trinajstić information content (AvgIpc) is 3.13. The van der Waals surface area contributed by atoms with Gasteiger partial charge in [-0.15, -0.1) is 0 Å². The minimum Gasteiger partial charge on any atom is -0.496 e. The van der Waals surface area contributed by atoms with Crippen molar-refractivity contribution in [2.45, 2.75) is 31.6 Å². The van der Waals surface area contributed by atoms with E-state index in [0.29, 0.717) is 30.2 Å². The second-order valence-electron chi connectivity index (χ2n) is 8.09. The molecule has 0 amide bonds.